The Labute approximate surface area is 175 Å². The second-order valence-corrected chi connectivity index (χ2v) is 7.29. The van der Waals surface area contributed by atoms with E-state index >= 15 is 0 Å². The number of ether oxygens (including phenoxy) is 1. The monoisotopic (exact) mass is 416 g/mol. The molecule has 0 fully saturated rings. The van der Waals surface area contributed by atoms with Crippen LogP contribution in [0.1, 0.15) is 15.9 Å². The van der Waals surface area contributed by atoms with Crippen LogP contribution in [0.2, 0.25) is 0 Å². The van der Waals surface area contributed by atoms with E-state index in [4.69, 9.17) is 4.74 Å². The average Bonchev–Trinajstić information content (AvgIpc) is 3.40. The molecule has 2 heterocycles. The lowest BCUT2D eigenvalue weighted by molar-refractivity contribution is 0.102. The number of amides is 1. The van der Waals surface area contributed by atoms with Crippen LogP contribution in [-0.2, 0) is 0 Å². The zero-order valence-corrected chi connectivity index (χ0v) is 17.0. The normalized spacial score (nSPS) is 11.1. The number of hydrogen-bond donors (Lipinski definition) is 1. The fourth-order valence-corrected chi connectivity index (χ4v) is 3.67. The van der Waals surface area contributed by atoms with Gasteiger partial charge in [-0.2, -0.15) is 13.5 Å². The van der Waals surface area contributed by atoms with Gasteiger partial charge in [0, 0.05) is 11.3 Å². The molecule has 1 amide bonds. The molecule has 9 heteroatoms. The number of carbonyl (C=O) groups excluding carboxylic acids is 1. The molecule has 0 aliphatic heterocycles. The molecule has 0 unspecified atom stereocenters. The molecule has 148 valence electrons. The molecule has 0 radical (unpaired) electrons. The molecular weight excluding hydrogens is 400 g/mol. The van der Waals surface area contributed by atoms with Crippen LogP contribution in [-0.4, -0.2) is 36.8 Å². The van der Waals surface area contributed by atoms with Crippen molar-refractivity contribution >= 4 is 45.4 Å². The molecule has 2 aromatic heterocycles. The SMILES string of the molecule is COc1ccc(-n2nc3cc(C)c(NC(=O)c4ccc5nsnc5c4)cc3n2)cc1. The fraction of sp³-hybridized carbons (Fsp3) is 0.0952. The van der Waals surface area contributed by atoms with Crippen molar-refractivity contribution < 1.29 is 9.53 Å². The minimum Gasteiger partial charge on any atom is -0.497 e. The zero-order chi connectivity index (χ0) is 20.7. The van der Waals surface area contributed by atoms with Gasteiger partial charge in [-0.15, -0.1) is 10.2 Å². The third kappa shape index (κ3) is 3.25. The Morgan fingerprint density at radius 1 is 0.933 bits per heavy atom. The molecule has 0 spiro atoms. The Balaban J connectivity index is 1.45. The van der Waals surface area contributed by atoms with Gasteiger partial charge in [0.15, 0.2) is 0 Å². The Kier molecular flexibility index (Phi) is 4.36. The molecule has 0 aliphatic rings. The number of rotatable bonds is 4. The molecule has 0 saturated heterocycles. The molecule has 0 saturated carbocycles. The number of benzene rings is 3. The van der Waals surface area contributed by atoms with Crippen molar-refractivity contribution in [3.63, 3.8) is 0 Å². The van der Waals surface area contributed by atoms with Crippen LogP contribution >= 0.6 is 11.7 Å². The largest absolute Gasteiger partial charge is 0.497 e. The smallest absolute Gasteiger partial charge is 0.255 e. The fourth-order valence-electron chi connectivity index (χ4n) is 3.15. The van der Waals surface area contributed by atoms with Crippen molar-refractivity contribution in [2.75, 3.05) is 12.4 Å². The van der Waals surface area contributed by atoms with Gasteiger partial charge >= 0.3 is 0 Å². The maximum Gasteiger partial charge on any atom is 0.255 e. The Morgan fingerprint density at radius 2 is 1.67 bits per heavy atom. The summed E-state index contributed by atoms with van der Waals surface area (Å²) in [5.41, 5.74) is 5.85. The van der Waals surface area contributed by atoms with Gasteiger partial charge in [-0.3, -0.25) is 4.79 Å². The summed E-state index contributed by atoms with van der Waals surface area (Å²) in [6.45, 7) is 1.93. The van der Waals surface area contributed by atoms with E-state index in [0.29, 0.717) is 22.3 Å². The summed E-state index contributed by atoms with van der Waals surface area (Å²) in [6, 6.07) is 16.5. The Bertz CT molecular complexity index is 1390. The number of nitrogens with zero attached hydrogens (tertiary/aromatic N) is 5. The highest BCUT2D eigenvalue weighted by molar-refractivity contribution is 7.00. The summed E-state index contributed by atoms with van der Waals surface area (Å²) < 4.78 is 13.5. The first-order valence-electron chi connectivity index (χ1n) is 9.16. The number of methoxy groups -OCH3 is 1. The van der Waals surface area contributed by atoms with Crippen molar-refractivity contribution in [1.29, 1.82) is 0 Å². The molecule has 0 aliphatic carbocycles. The number of fused-ring (bicyclic) bond motifs is 2. The Hall–Kier alpha value is -3.85. The standard InChI is InChI=1S/C21H16N6O2S/c1-12-9-18-19(24-27(23-18)14-4-6-15(29-2)7-5-14)11-17(12)22-21(28)13-3-8-16-20(10-13)26-30-25-16/h3-11H,1-2H3,(H,22,28). The van der Waals surface area contributed by atoms with Gasteiger partial charge in [0.2, 0.25) is 0 Å². The molecule has 30 heavy (non-hydrogen) atoms. The predicted octanol–water partition coefficient (Wildman–Crippen LogP) is 3.99. The molecule has 5 aromatic rings. The Morgan fingerprint density at radius 3 is 2.43 bits per heavy atom. The van der Waals surface area contributed by atoms with E-state index in [2.05, 4.69) is 24.3 Å². The van der Waals surface area contributed by atoms with E-state index in [1.54, 1.807) is 30.1 Å². The van der Waals surface area contributed by atoms with E-state index in [9.17, 15) is 4.79 Å². The third-order valence-corrected chi connectivity index (χ3v) is 5.35. The van der Waals surface area contributed by atoms with Crippen LogP contribution in [0.25, 0.3) is 27.8 Å². The van der Waals surface area contributed by atoms with E-state index < -0.39 is 0 Å². The van der Waals surface area contributed by atoms with E-state index in [1.807, 2.05) is 43.3 Å². The second-order valence-electron chi connectivity index (χ2n) is 6.77. The molecule has 5 rings (SSSR count). The van der Waals surface area contributed by atoms with E-state index in [0.717, 1.165) is 39.8 Å². The lowest BCUT2D eigenvalue weighted by Crippen LogP contribution is -2.12. The minimum absolute atomic E-state index is 0.213. The number of hydrogen-bond acceptors (Lipinski definition) is 7. The van der Waals surface area contributed by atoms with Crippen molar-refractivity contribution in [3.8, 4) is 11.4 Å². The number of anilines is 1. The summed E-state index contributed by atoms with van der Waals surface area (Å²) in [6.07, 6.45) is 0. The first-order chi connectivity index (χ1) is 14.6. The van der Waals surface area contributed by atoms with Crippen LogP contribution in [0.4, 0.5) is 5.69 Å². The molecular formula is C21H16N6O2S. The lowest BCUT2D eigenvalue weighted by atomic mass is 10.1. The zero-order valence-electron chi connectivity index (χ0n) is 16.2. The summed E-state index contributed by atoms with van der Waals surface area (Å²) in [5, 5.41) is 12.1. The number of carbonyl (C=O) groups is 1. The van der Waals surface area contributed by atoms with Gasteiger partial charge in [-0.05, 0) is 67.1 Å². The maximum absolute atomic E-state index is 12.7. The highest BCUT2D eigenvalue weighted by atomic mass is 32.1. The van der Waals surface area contributed by atoms with Crippen molar-refractivity contribution in [2.24, 2.45) is 0 Å². The first kappa shape index (κ1) is 18.2. The van der Waals surface area contributed by atoms with Gasteiger partial charge in [0.25, 0.3) is 5.91 Å². The highest BCUT2D eigenvalue weighted by Crippen LogP contribution is 2.24. The molecule has 1 N–H and O–H groups in total. The van der Waals surface area contributed by atoms with Crippen LogP contribution in [0.15, 0.2) is 54.6 Å². The lowest BCUT2D eigenvalue weighted by Gasteiger charge is -2.08. The number of aromatic nitrogens is 5. The summed E-state index contributed by atoms with van der Waals surface area (Å²) in [5.74, 6) is 0.554. The van der Waals surface area contributed by atoms with Crippen molar-refractivity contribution in [2.45, 2.75) is 6.92 Å². The molecule has 3 aromatic carbocycles. The summed E-state index contributed by atoms with van der Waals surface area (Å²) in [4.78, 5) is 14.3. The number of aryl methyl sites for hydroxylation is 1. The highest BCUT2D eigenvalue weighted by Gasteiger charge is 2.13. The quantitative estimate of drug-likeness (QED) is 0.476. The second kappa shape index (κ2) is 7.20. The molecule has 8 nitrogen and oxygen atoms in total. The molecule has 0 bridgehead atoms. The molecule has 0 atom stereocenters. The topological polar surface area (TPSA) is 94.8 Å². The number of nitrogens with one attached hydrogen (secondary N) is 1. The van der Waals surface area contributed by atoms with Crippen LogP contribution in [0.5, 0.6) is 5.75 Å². The van der Waals surface area contributed by atoms with Crippen molar-refractivity contribution in [1.82, 2.24) is 23.7 Å². The maximum atomic E-state index is 12.7. The first-order valence-corrected chi connectivity index (χ1v) is 9.89. The van der Waals surface area contributed by atoms with Gasteiger partial charge in [0.05, 0.1) is 24.5 Å². The van der Waals surface area contributed by atoms with Gasteiger partial charge < -0.3 is 10.1 Å². The van der Waals surface area contributed by atoms with Crippen molar-refractivity contribution in [3.05, 3.63) is 65.7 Å². The van der Waals surface area contributed by atoms with Crippen LogP contribution < -0.4 is 10.1 Å². The summed E-state index contributed by atoms with van der Waals surface area (Å²) in [7, 11) is 1.62. The third-order valence-electron chi connectivity index (χ3n) is 4.79. The predicted molar refractivity (Wildman–Crippen MR) is 116 cm³/mol. The average molecular weight is 416 g/mol. The van der Waals surface area contributed by atoms with Gasteiger partial charge in [0.1, 0.15) is 27.8 Å². The van der Waals surface area contributed by atoms with E-state index in [1.165, 1.54) is 0 Å². The summed E-state index contributed by atoms with van der Waals surface area (Å²) >= 11 is 1.13. The van der Waals surface area contributed by atoms with E-state index in [-0.39, 0.29) is 5.91 Å². The van der Waals surface area contributed by atoms with Gasteiger partial charge in [-0.1, -0.05) is 0 Å². The van der Waals surface area contributed by atoms with Crippen LogP contribution in [0.3, 0.4) is 0 Å². The van der Waals surface area contributed by atoms with Crippen LogP contribution in [0, 0.1) is 6.92 Å². The minimum atomic E-state index is -0.213. The van der Waals surface area contributed by atoms with Gasteiger partial charge in [-0.25, -0.2) is 0 Å².